The maximum atomic E-state index is 12.9. The Labute approximate surface area is 161 Å². The lowest BCUT2D eigenvalue weighted by molar-refractivity contribution is -0.384. The van der Waals surface area contributed by atoms with Crippen LogP contribution in [0.15, 0.2) is 48.5 Å². The number of carbonyl (C=O) groups is 2. The molecule has 0 unspecified atom stereocenters. The second kappa shape index (κ2) is 8.60. The van der Waals surface area contributed by atoms with E-state index in [0.717, 1.165) is 5.56 Å². The summed E-state index contributed by atoms with van der Waals surface area (Å²) >= 11 is 0. The van der Waals surface area contributed by atoms with Gasteiger partial charge in [0.25, 0.3) is 11.6 Å². The first-order valence-corrected chi connectivity index (χ1v) is 9.00. The van der Waals surface area contributed by atoms with E-state index in [1.807, 2.05) is 0 Å². The molecule has 1 aliphatic rings. The zero-order chi connectivity index (χ0) is 20.1. The Morgan fingerprint density at radius 2 is 1.68 bits per heavy atom. The molecule has 0 saturated carbocycles. The van der Waals surface area contributed by atoms with E-state index >= 15 is 0 Å². The number of benzene rings is 2. The van der Waals surface area contributed by atoms with Crippen molar-refractivity contribution < 1.29 is 18.9 Å². The van der Waals surface area contributed by atoms with Crippen molar-refractivity contribution in [1.29, 1.82) is 0 Å². The summed E-state index contributed by atoms with van der Waals surface area (Å²) in [7, 11) is 0. The van der Waals surface area contributed by atoms with Gasteiger partial charge in [-0.1, -0.05) is 12.1 Å². The number of carbonyl (C=O) groups excluding carboxylic acids is 2. The highest BCUT2D eigenvalue weighted by Gasteiger charge is 2.24. The minimum absolute atomic E-state index is 0.00564. The predicted molar refractivity (Wildman–Crippen MR) is 100 cm³/mol. The van der Waals surface area contributed by atoms with E-state index in [2.05, 4.69) is 5.32 Å². The fourth-order valence-corrected chi connectivity index (χ4v) is 3.17. The van der Waals surface area contributed by atoms with Gasteiger partial charge in [0.1, 0.15) is 5.82 Å². The van der Waals surface area contributed by atoms with Crippen LogP contribution < -0.4 is 5.32 Å². The van der Waals surface area contributed by atoms with Gasteiger partial charge in [0.05, 0.1) is 11.3 Å². The summed E-state index contributed by atoms with van der Waals surface area (Å²) in [5.74, 6) is -0.691. The van der Waals surface area contributed by atoms with E-state index in [0.29, 0.717) is 31.5 Å². The van der Waals surface area contributed by atoms with Crippen molar-refractivity contribution in [2.45, 2.75) is 25.3 Å². The van der Waals surface area contributed by atoms with Gasteiger partial charge in [-0.3, -0.25) is 19.7 Å². The highest BCUT2D eigenvalue weighted by Crippen LogP contribution is 2.16. The fourth-order valence-electron chi connectivity index (χ4n) is 3.17. The Morgan fingerprint density at radius 1 is 1.07 bits per heavy atom. The average Bonchev–Trinajstić information content (AvgIpc) is 2.69. The molecule has 3 rings (SSSR count). The maximum Gasteiger partial charge on any atom is 0.269 e. The quantitative estimate of drug-likeness (QED) is 0.633. The van der Waals surface area contributed by atoms with Gasteiger partial charge < -0.3 is 10.2 Å². The summed E-state index contributed by atoms with van der Waals surface area (Å²) in [6.07, 6.45) is 1.46. The molecule has 28 heavy (non-hydrogen) atoms. The van der Waals surface area contributed by atoms with Crippen molar-refractivity contribution in [2.75, 3.05) is 13.1 Å². The van der Waals surface area contributed by atoms with Crippen molar-refractivity contribution in [3.05, 3.63) is 75.6 Å². The van der Waals surface area contributed by atoms with Gasteiger partial charge >= 0.3 is 0 Å². The smallest absolute Gasteiger partial charge is 0.269 e. The summed E-state index contributed by atoms with van der Waals surface area (Å²) in [5, 5.41) is 13.6. The first-order chi connectivity index (χ1) is 13.4. The van der Waals surface area contributed by atoms with E-state index < -0.39 is 10.7 Å². The van der Waals surface area contributed by atoms with E-state index in [1.165, 1.54) is 36.4 Å². The molecule has 1 saturated heterocycles. The highest BCUT2D eigenvalue weighted by molar-refractivity contribution is 5.94. The van der Waals surface area contributed by atoms with Gasteiger partial charge in [-0.2, -0.15) is 0 Å². The second-order valence-corrected chi connectivity index (χ2v) is 6.74. The lowest BCUT2D eigenvalue weighted by Crippen LogP contribution is -2.47. The number of halogens is 1. The molecule has 2 amide bonds. The minimum atomic E-state index is -0.476. The first kappa shape index (κ1) is 19.5. The fraction of sp³-hybridized carbons (Fsp3) is 0.300. The molecule has 0 bridgehead atoms. The van der Waals surface area contributed by atoms with Crippen molar-refractivity contribution in [3.63, 3.8) is 0 Å². The number of non-ortho nitro benzene ring substituents is 1. The van der Waals surface area contributed by atoms with E-state index in [1.54, 1.807) is 17.0 Å². The summed E-state index contributed by atoms with van der Waals surface area (Å²) < 4.78 is 12.9. The van der Waals surface area contributed by atoms with Crippen LogP contribution >= 0.6 is 0 Å². The number of nitro benzene ring substituents is 1. The van der Waals surface area contributed by atoms with Crippen LogP contribution in [0.25, 0.3) is 0 Å². The molecule has 2 aromatic carbocycles. The molecule has 146 valence electrons. The number of piperidine rings is 1. The Kier molecular flexibility index (Phi) is 5.98. The Bertz CT molecular complexity index is 860. The molecule has 0 aromatic heterocycles. The number of nitrogens with one attached hydrogen (secondary N) is 1. The van der Waals surface area contributed by atoms with Gasteiger partial charge in [0.15, 0.2) is 0 Å². The van der Waals surface area contributed by atoms with Crippen molar-refractivity contribution in [1.82, 2.24) is 10.2 Å². The van der Waals surface area contributed by atoms with Gasteiger partial charge in [-0.05, 0) is 42.7 Å². The topological polar surface area (TPSA) is 92.6 Å². The SMILES string of the molecule is O=C(NC1CCN(C(=O)Cc2ccc([N+](=O)[O-])cc2)CC1)c1ccc(F)cc1. The molecular formula is C20H20FN3O4. The molecule has 0 spiro atoms. The third-order valence-corrected chi connectivity index (χ3v) is 4.79. The maximum absolute atomic E-state index is 12.9. The monoisotopic (exact) mass is 385 g/mol. The Hall–Kier alpha value is -3.29. The van der Waals surface area contributed by atoms with Crippen LogP contribution in [0.3, 0.4) is 0 Å². The molecule has 0 radical (unpaired) electrons. The first-order valence-electron chi connectivity index (χ1n) is 9.00. The number of likely N-dealkylation sites (tertiary alicyclic amines) is 1. The van der Waals surface area contributed by atoms with E-state index in [4.69, 9.17) is 0 Å². The van der Waals surface area contributed by atoms with Gasteiger partial charge in [0, 0.05) is 36.8 Å². The number of hydrogen-bond donors (Lipinski definition) is 1. The Morgan fingerprint density at radius 3 is 2.25 bits per heavy atom. The number of hydrogen-bond acceptors (Lipinski definition) is 4. The molecule has 7 nitrogen and oxygen atoms in total. The third kappa shape index (κ3) is 4.91. The molecule has 1 fully saturated rings. The molecule has 1 N–H and O–H groups in total. The summed E-state index contributed by atoms with van der Waals surface area (Å²) in [6.45, 7) is 1.06. The number of nitro groups is 1. The van der Waals surface area contributed by atoms with E-state index in [-0.39, 0.29) is 30.0 Å². The number of amides is 2. The lowest BCUT2D eigenvalue weighted by Gasteiger charge is -2.32. The largest absolute Gasteiger partial charge is 0.349 e. The standard InChI is InChI=1S/C20H20FN3O4/c21-16-5-3-15(4-6-16)20(26)22-17-9-11-23(12-10-17)19(25)13-14-1-7-18(8-2-14)24(27)28/h1-8,17H,9-13H2,(H,22,26). The zero-order valence-electron chi connectivity index (χ0n) is 15.1. The van der Waals surface area contributed by atoms with Crippen LogP contribution in [-0.2, 0) is 11.2 Å². The van der Waals surface area contributed by atoms with Crippen molar-refractivity contribution >= 4 is 17.5 Å². The predicted octanol–water partition coefficient (Wildman–Crippen LogP) is 2.70. The van der Waals surface area contributed by atoms with Crippen LogP contribution in [0.5, 0.6) is 0 Å². The van der Waals surface area contributed by atoms with Crippen LogP contribution in [0.4, 0.5) is 10.1 Å². The molecule has 1 heterocycles. The summed E-state index contributed by atoms with van der Waals surface area (Å²) in [4.78, 5) is 36.6. The Balaban J connectivity index is 1.47. The summed E-state index contributed by atoms with van der Waals surface area (Å²) in [6, 6.07) is 11.3. The van der Waals surface area contributed by atoms with Crippen LogP contribution in [0.1, 0.15) is 28.8 Å². The molecular weight excluding hydrogens is 365 g/mol. The van der Waals surface area contributed by atoms with Crippen LogP contribution in [-0.4, -0.2) is 40.8 Å². The summed E-state index contributed by atoms with van der Waals surface area (Å²) in [5.41, 5.74) is 1.12. The number of rotatable bonds is 5. The molecule has 0 atom stereocenters. The van der Waals surface area contributed by atoms with Crippen LogP contribution in [0, 0.1) is 15.9 Å². The molecule has 8 heteroatoms. The van der Waals surface area contributed by atoms with E-state index in [9.17, 15) is 24.1 Å². The van der Waals surface area contributed by atoms with Crippen molar-refractivity contribution in [2.24, 2.45) is 0 Å². The molecule has 2 aromatic rings. The molecule has 1 aliphatic heterocycles. The molecule has 0 aliphatic carbocycles. The van der Waals surface area contributed by atoms with Crippen LogP contribution in [0.2, 0.25) is 0 Å². The highest BCUT2D eigenvalue weighted by atomic mass is 19.1. The van der Waals surface area contributed by atoms with Gasteiger partial charge in [-0.25, -0.2) is 4.39 Å². The number of nitrogens with zero attached hydrogens (tertiary/aromatic N) is 2. The average molecular weight is 385 g/mol. The van der Waals surface area contributed by atoms with Gasteiger partial charge in [-0.15, -0.1) is 0 Å². The minimum Gasteiger partial charge on any atom is -0.349 e. The van der Waals surface area contributed by atoms with Gasteiger partial charge in [0.2, 0.25) is 5.91 Å². The van der Waals surface area contributed by atoms with Crippen molar-refractivity contribution in [3.8, 4) is 0 Å². The third-order valence-electron chi connectivity index (χ3n) is 4.79. The normalized spacial score (nSPS) is 14.5. The second-order valence-electron chi connectivity index (χ2n) is 6.74. The zero-order valence-corrected chi connectivity index (χ0v) is 15.1. The lowest BCUT2D eigenvalue weighted by atomic mass is 10.0.